The third-order valence-electron chi connectivity index (χ3n) is 4.55. The van der Waals surface area contributed by atoms with Gasteiger partial charge in [0.1, 0.15) is 16.5 Å². The number of esters is 2. The average molecular weight is 417 g/mol. The van der Waals surface area contributed by atoms with E-state index in [9.17, 15) is 14.4 Å². The number of methoxy groups -OCH3 is 1. The molecule has 0 spiro atoms. The predicted molar refractivity (Wildman–Crippen MR) is 109 cm³/mol. The van der Waals surface area contributed by atoms with Crippen LogP contribution in [0.4, 0.5) is 5.00 Å². The zero-order valence-electron chi connectivity index (χ0n) is 16.4. The van der Waals surface area contributed by atoms with Crippen LogP contribution in [0.3, 0.4) is 0 Å². The summed E-state index contributed by atoms with van der Waals surface area (Å²) in [5.41, 5.74) is 1.38. The summed E-state index contributed by atoms with van der Waals surface area (Å²) in [6.45, 7) is 1.34. The first-order chi connectivity index (χ1) is 14.0. The smallest absolute Gasteiger partial charge is 0.341 e. The Morgan fingerprint density at radius 1 is 1.21 bits per heavy atom. The normalized spacial score (nSPS) is 13.6. The number of thiophene rings is 1. The highest BCUT2D eigenvalue weighted by atomic mass is 32.1. The second-order valence-corrected chi connectivity index (χ2v) is 7.80. The summed E-state index contributed by atoms with van der Waals surface area (Å²) in [5, 5.41) is 3.15. The van der Waals surface area contributed by atoms with E-state index in [2.05, 4.69) is 5.32 Å². The number of carbonyl (C=O) groups is 3. The number of hydrogen-bond acceptors (Lipinski definition) is 7. The van der Waals surface area contributed by atoms with E-state index < -0.39 is 24.5 Å². The van der Waals surface area contributed by atoms with Gasteiger partial charge in [0.2, 0.25) is 0 Å². The maximum Gasteiger partial charge on any atom is 0.341 e. The van der Waals surface area contributed by atoms with Crippen molar-refractivity contribution in [3.8, 4) is 0 Å². The fourth-order valence-electron chi connectivity index (χ4n) is 3.19. The molecule has 1 aliphatic rings. The van der Waals surface area contributed by atoms with E-state index in [4.69, 9.17) is 13.9 Å². The first-order valence-corrected chi connectivity index (χ1v) is 10.2. The molecule has 0 unspecified atom stereocenters. The van der Waals surface area contributed by atoms with Crippen molar-refractivity contribution in [3.05, 3.63) is 45.7 Å². The van der Waals surface area contributed by atoms with Crippen LogP contribution >= 0.6 is 11.3 Å². The number of anilines is 1. The summed E-state index contributed by atoms with van der Waals surface area (Å²) in [6, 6.07) is 3.50. The summed E-state index contributed by atoms with van der Waals surface area (Å²) < 4.78 is 15.2. The molecule has 0 bridgehead atoms. The fraction of sp³-hybridized carbons (Fsp3) is 0.381. The van der Waals surface area contributed by atoms with Gasteiger partial charge in [0, 0.05) is 11.0 Å². The summed E-state index contributed by atoms with van der Waals surface area (Å²) >= 11 is 1.39. The molecule has 0 radical (unpaired) electrons. The number of furan rings is 1. The predicted octanol–water partition coefficient (Wildman–Crippen LogP) is 3.90. The molecule has 2 heterocycles. The topological polar surface area (TPSA) is 94.8 Å². The molecule has 2 aromatic rings. The highest BCUT2D eigenvalue weighted by molar-refractivity contribution is 7.17. The molecule has 3 rings (SSSR count). The first-order valence-electron chi connectivity index (χ1n) is 9.42. The van der Waals surface area contributed by atoms with Gasteiger partial charge in [-0.2, -0.15) is 0 Å². The van der Waals surface area contributed by atoms with Crippen molar-refractivity contribution in [2.24, 2.45) is 0 Å². The van der Waals surface area contributed by atoms with Gasteiger partial charge in [0.25, 0.3) is 5.91 Å². The van der Waals surface area contributed by atoms with Gasteiger partial charge in [0.15, 0.2) is 6.61 Å². The molecular weight excluding hydrogens is 394 g/mol. The number of nitrogens with one attached hydrogen (secondary N) is 1. The first kappa shape index (κ1) is 20.9. The highest BCUT2D eigenvalue weighted by Gasteiger charge is 2.26. The van der Waals surface area contributed by atoms with Gasteiger partial charge in [-0.1, -0.05) is 6.42 Å². The maximum absolute atomic E-state index is 12.3. The van der Waals surface area contributed by atoms with E-state index in [1.54, 1.807) is 19.1 Å². The highest BCUT2D eigenvalue weighted by Crippen LogP contribution is 2.37. The molecule has 1 amide bonds. The second-order valence-electron chi connectivity index (χ2n) is 6.70. The van der Waals surface area contributed by atoms with Gasteiger partial charge in [-0.25, -0.2) is 9.59 Å². The molecule has 1 aliphatic carbocycles. The Morgan fingerprint density at radius 3 is 2.72 bits per heavy atom. The van der Waals surface area contributed by atoms with E-state index in [-0.39, 0.29) is 0 Å². The lowest BCUT2D eigenvalue weighted by atomic mass is 10.1. The Morgan fingerprint density at radius 2 is 2.00 bits per heavy atom. The molecule has 154 valence electrons. The summed E-state index contributed by atoms with van der Waals surface area (Å²) in [5.74, 6) is -0.389. The lowest BCUT2D eigenvalue weighted by Gasteiger charge is -2.07. The van der Waals surface area contributed by atoms with E-state index in [0.29, 0.717) is 16.3 Å². The molecule has 8 heteroatoms. The maximum atomic E-state index is 12.3. The summed E-state index contributed by atoms with van der Waals surface area (Å²) in [6.07, 6.45) is 7.51. The molecular formula is C21H23NO6S. The Bertz CT molecular complexity index is 939. The van der Waals surface area contributed by atoms with Crippen LogP contribution in [0.15, 0.2) is 22.6 Å². The monoisotopic (exact) mass is 417 g/mol. The minimum absolute atomic E-state index is 0.419. The third-order valence-corrected chi connectivity index (χ3v) is 5.76. The quantitative estimate of drug-likeness (QED) is 0.435. The largest absolute Gasteiger partial charge is 0.465 e. The van der Waals surface area contributed by atoms with Crippen LogP contribution < -0.4 is 5.32 Å². The van der Waals surface area contributed by atoms with Gasteiger partial charge >= 0.3 is 11.9 Å². The number of carbonyl (C=O) groups excluding carboxylic acids is 3. The molecule has 0 aromatic carbocycles. The van der Waals surface area contributed by atoms with Crippen LogP contribution in [0.2, 0.25) is 0 Å². The Labute approximate surface area is 172 Å². The zero-order chi connectivity index (χ0) is 20.8. The van der Waals surface area contributed by atoms with E-state index >= 15 is 0 Å². The standard InChI is InChI=1S/C21H23NO6S/c1-13-8-9-14(28-13)10-11-18(24)27-12-17(23)22-20-19(21(25)26-2)15-6-4-3-5-7-16(15)29-20/h8-11H,3-7,12H2,1-2H3,(H,22,23). The zero-order valence-corrected chi connectivity index (χ0v) is 17.2. The molecule has 0 fully saturated rings. The Balaban J connectivity index is 1.62. The molecule has 0 saturated heterocycles. The van der Waals surface area contributed by atoms with Crippen LogP contribution in [0.5, 0.6) is 0 Å². The minimum atomic E-state index is -0.663. The SMILES string of the molecule is COC(=O)c1c(NC(=O)COC(=O)C=Cc2ccc(C)o2)sc2c1CCCCC2. The average Bonchev–Trinajstić information content (AvgIpc) is 3.19. The van der Waals surface area contributed by atoms with Gasteiger partial charge < -0.3 is 19.2 Å². The van der Waals surface area contributed by atoms with Crippen LogP contribution in [0.1, 0.15) is 51.6 Å². The van der Waals surface area contributed by atoms with E-state index in [1.165, 1.54) is 30.6 Å². The van der Waals surface area contributed by atoms with Crippen LogP contribution in [0, 0.1) is 6.92 Å². The number of ether oxygens (including phenoxy) is 2. The van der Waals surface area contributed by atoms with Crippen LogP contribution in [-0.2, 0) is 31.9 Å². The van der Waals surface area contributed by atoms with Crippen LogP contribution in [0.25, 0.3) is 6.08 Å². The lowest BCUT2D eigenvalue weighted by molar-refractivity contribution is -0.142. The molecule has 0 aliphatic heterocycles. The minimum Gasteiger partial charge on any atom is -0.465 e. The van der Waals surface area contributed by atoms with Crippen molar-refractivity contribution in [1.82, 2.24) is 0 Å². The molecule has 29 heavy (non-hydrogen) atoms. The Kier molecular flexibility index (Phi) is 6.87. The van der Waals surface area contributed by atoms with Gasteiger partial charge in [-0.05, 0) is 56.4 Å². The summed E-state index contributed by atoms with van der Waals surface area (Å²) in [7, 11) is 1.32. The van der Waals surface area contributed by atoms with Crippen molar-refractivity contribution in [2.75, 3.05) is 19.0 Å². The van der Waals surface area contributed by atoms with Crippen molar-refractivity contribution >= 4 is 40.3 Å². The molecule has 0 atom stereocenters. The van der Waals surface area contributed by atoms with Gasteiger partial charge in [-0.3, -0.25) is 4.79 Å². The van der Waals surface area contributed by atoms with E-state index in [1.807, 2.05) is 0 Å². The van der Waals surface area contributed by atoms with Crippen molar-refractivity contribution in [3.63, 3.8) is 0 Å². The molecule has 7 nitrogen and oxygen atoms in total. The van der Waals surface area contributed by atoms with Crippen LogP contribution in [-0.4, -0.2) is 31.6 Å². The van der Waals surface area contributed by atoms with E-state index in [0.717, 1.165) is 48.3 Å². The number of amides is 1. The van der Waals surface area contributed by atoms with Gasteiger partial charge in [-0.15, -0.1) is 11.3 Å². The number of rotatable bonds is 6. The van der Waals surface area contributed by atoms with Crippen molar-refractivity contribution in [1.29, 1.82) is 0 Å². The van der Waals surface area contributed by atoms with Gasteiger partial charge in [0.05, 0.1) is 12.7 Å². The fourth-order valence-corrected chi connectivity index (χ4v) is 4.48. The number of fused-ring (bicyclic) bond motifs is 1. The van der Waals surface area contributed by atoms with Crippen molar-refractivity contribution < 1.29 is 28.3 Å². The molecule has 0 saturated carbocycles. The lowest BCUT2D eigenvalue weighted by Crippen LogP contribution is -2.21. The number of hydrogen-bond donors (Lipinski definition) is 1. The summed E-state index contributed by atoms with van der Waals surface area (Å²) in [4.78, 5) is 37.4. The Hall–Kier alpha value is -2.87. The van der Waals surface area contributed by atoms with Crippen molar-refractivity contribution in [2.45, 2.75) is 39.0 Å². The number of aryl methyl sites for hydroxylation is 2. The third kappa shape index (κ3) is 5.35. The molecule has 2 aromatic heterocycles. The second kappa shape index (κ2) is 9.56. The molecule has 1 N–H and O–H groups in total.